The van der Waals surface area contributed by atoms with Crippen molar-refractivity contribution >= 4 is 11.2 Å². The molecule has 1 aliphatic rings. The molecule has 0 amide bonds. The minimum absolute atomic E-state index is 0.673. The Hall–Kier alpha value is -2.20. The van der Waals surface area contributed by atoms with Crippen LogP contribution in [0.5, 0.6) is 0 Å². The fraction of sp³-hybridized carbons (Fsp3) is 0.333. The van der Waals surface area contributed by atoms with Gasteiger partial charge >= 0.3 is 0 Å². The van der Waals surface area contributed by atoms with Crippen LogP contribution in [-0.2, 0) is 6.54 Å². The maximum Gasteiger partial charge on any atom is 0.160 e. The molecule has 0 bridgehead atoms. The van der Waals surface area contributed by atoms with Crippen molar-refractivity contribution in [3.05, 3.63) is 48.7 Å². The maximum atomic E-state index is 4.83. The lowest BCUT2D eigenvalue weighted by atomic mass is 10.1. The fourth-order valence-electron chi connectivity index (χ4n) is 3.37. The van der Waals surface area contributed by atoms with Gasteiger partial charge in [0, 0.05) is 24.8 Å². The van der Waals surface area contributed by atoms with E-state index in [1.807, 2.05) is 24.4 Å². The molecule has 1 fully saturated rings. The number of aromatic nitrogens is 3. The molecule has 2 aromatic heterocycles. The number of benzene rings is 1. The molecule has 1 aromatic carbocycles. The van der Waals surface area contributed by atoms with Crippen molar-refractivity contribution in [2.45, 2.75) is 13.0 Å². The summed E-state index contributed by atoms with van der Waals surface area (Å²) in [6.45, 7) is 3.33. The Balaban J connectivity index is 1.80. The number of hydrogen-bond donors (Lipinski definition) is 0. The lowest BCUT2D eigenvalue weighted by Gasteiger charge is -2.14. The zero-order valence-electron chi connectivity index (χ0n) is 12.8. The molecule has 4 rings (SSSR count). The maximum absolute atomic E-state index is 4.83. The molecule has 4 heteroatoms. The Bertz CT molecular complexity index is 778. The molecular weight excluding hydrogens is 272 g/mol. The van der Waals surface area contributed by atoms with Crippen LogP contribution in [0, 0.1) is 5.92 Å². The molecule has 1 atom stereocenters. The second-order valence-corrected chi connectivity index (χ2v) is 6.18. The lowest BCUT2D eigenvalue weighted by Crippen LogP contribution is -2.17. The Morgan fingerprint density at radius 1 is 1.14 bits per heavy atom. The van der Waals surface area contributed by atoms with Gasteiger partial charge in [-0.25, -0.2) is 9.97 Å². The van der Waals surface area contributed by atoms with Crippen LogP contribution in [0.15, 0.2) is 48.7 Å². The SMILES string of the molecule is CN1CCC(Cn2c(-c3ccccc3)nc3cccnc32)C1. The van der Waals surface area contributed by atoms with Crippen LogP contribution in [0.3, 0.4) is 0 Å². The minimum Gasteiger partial charge on any atom is -0.308 e. The van der Waals surface area contributed by atoms with Crippen LogP contribution in [-0.4, -0.2) is 39.6 Å². The number of rotatable bonds is 3. The first-order valence-electron chi connectivity index (χ1n) is 7.86. The number of likely N-dealkylation sites (tertiary alicyclic amines) is 1. The topological polar surface area (TPSA) is 34.0 Å². The molecule has 1 aliphatic heterocycles. The van der Waals surface area contributed by atoms with E-state index in [4.69, 9.17) is 4.98 Å². The lowest BCUT2D eigenvalue weighted by molar-refractivity contribution is 0.380. The zero-order chi connectivity index (χ0) is 14.9. The number of fused-ring (bicyclic) bond motifs is 1. The third-order valence-electron chi connectivity index (χ3n) is 4.47. The average molecular weight is 292 g/mol. The molecule has 1 saturated heterocycles. The van der Waals surface area contributed by atoms with Crippen LogP contribution in [0.25, 0.3) is 22.6 Å². The average Bonchev–Trinajstić information content (AvgIpc) is 3.13. The first-order chi connectivity index (χ1) is 10.8. The molecule has 0 aliphatic carbocycles. The molecular formula is C18H20N4. The molecule has 4 nitrogen and oxygen atoms in total. The summed E-state index contributed by atoms with van der Waals surface area (Å²) >= 11 is 0. The zero-order valence-corrected chi connectivity index (χ0v) is 12.8. The van der Waals surface area contributed by atoms with Crippen LogP contribution >= 0.6 is 0 Å². The smallest absolute Gasteiger partial charge is 0.160 e. The highest BCUT2D eigenvalue weighted by Crippen LogP contribution is 2.26. The van der Waals surface area contributed by atoms with E-state index in [1.54, 1.807) is 0 Å². The van der Waals surface area contributed by atoms with Crippen molar-refractivity contribution in [1.29, 1.82) is 0 Å². The summed E-state index contributed by atoms with van der Waals surface area (Å²) in [5, 5.41) is 0. The van der Waals surface area contributed by atoms with Gasteiger partial charge in [0.15, 0.2) is 5.65 Å². The molecule has 112 valence electrons. The second kappa shape index (κ2) is 5.54. The molecule has 3 heterocycles. The molecule has 3 aromatic rings. The van der Waals surface area contributed by atoms with Gasteiger partial charge in [0.2, 0.25) is 0 Å². The van der Waals surface area contributed by atoms with Crippen LogP contribution in [0.2, 0.25) is 0 Å². The van der Waals surface area contributed by atoms with E-state index in [-0.39, 0.29) is 0 Å². The van der Waals surface area contributed by atoms with Gasteiger partial charge in [-0.15, -0.1) is 0 Å². The van der Waals surface area contributed by atoms with Gasteiger partial charge in [-0.2, -0.15) is 0 Å². The molecule has 0 saturated carbocycles. The van der Waals surface area contributed by atoms with Crippen molar-refractivity contribution in [3.63, 3.8) is 0 Å². The molecule has 0 N–H and O–H groups in total. The van der Waals surface area contributed by atoms with Gasteiger partial charge in [0.05, 0.1) is 0 Å². The molecule has 22 heavy (non-hydrogen) atoms. The summed E-state index contributed by atoms with van der Waals surface area (Å²) in [5.74, 6) is 1.70. The van der Waals surface area contributed by atoms with E-state index in [0.717, 1.165) is 35.6 Å². The summed E-state index contributed by atoms with van der Waals surface area (Å²) in [4.78, 5) is 11.8. The largest absolute Gasteiger partial charge is 0.308 e. The van der Waals surface area contributed by atoms with Crippen molar-refractivity contribution in [1.82, 2.24) is 19.4 Å². The summed E-state index contributed by atoms with van der Waals surface area (Å²) in [6, 6.07) is 14.4. The van der Waals surface area contributed by atoms with Crippen LogP contribution < -0.4 is 0 Å². The highest BCUT2D eigenvalue weighted by atomic mass is 15.2. The highest BCUT2D eigenvalue weighted by molar-refractivity contribution is 5.77. The third kappa shape index (κ3) is 2.40. The third-order valence-corrected chi connectivity index (χ3v) is 4.47. The van der Waals surface area contributed by atoms with Gasteiger partial charge in [0.1, 0.15) is 11.3 Å². The van der Waals surface area contributed by atoms with Gasteiger partial charge < -0.3 is 9.47 Å². The molecule has 0 spiro atoms. The van der Waals surface area contributed by atoms with E-state index in [9.17, 15) is 0 Å². The van der Waals surface area contributed by atoms with Crippen molar-refractivity contribution < 1.29 is 0 Å². The number of pyridine rings is 1. The van der Waals surface area contributed by atoms with Crippen molar-refractivity contribution in [3.8, 4) is 11.4 Å². The first kappa shape index (κ1) is 13.5. The predicted octanol–water partition coefficient (Wildman–Crippen LogP) is 3.05. The summed E-state index contributed by atoms with van der Waals surface area (Å²) in [5.41, 5.74) is 3.13. The normalized spacial score (nSPS) is 19.0. The Morgan fingerprint density at radius 2 is 2.00 bits per heavy atom. The summed E-state index contributed by atoms with van der Waals surface area (Å²) in [7, 11) is 2.20. The van der Waals surface area contributed by atoms with E-state index in [1.165, 1.54) is 13.0 Å². The van der Waals surface area contributed by atoms with E-state index < -0.39 is 0 Å². The fourth-order valence-corrected chi connectivity index (χ4v) is 3.37. The van der Waals surface area contributed by atoms with Crippen LogP contribution in [0.1, 0.15) is 6.42 Å². The van der Waals surface area contributed by atoms with Gasteiger partial charge in [0.25, 0.3) is 0 Å². The van der Waals surface area contributed by atoms with Gasteiger partial charge in [-0.1, -0.05) is 30.3 Å². The predicted molar refractivity (Wildman–Crippen MR) is 88.6 cm³/mol. The monoisotopic (exact) mass is 292 g/mol. The van der Waals surface area contributed by atoms with Crippen LogP contribution in [0.4, 0.5) is 0 Å². The Labute approximate surface area is 130 Å². The standard InChI is InChI=1S/C18H20N4/c1-21-11-9-14(12-21)13-22-17(15-6-3-2-4-7-15)20-16-8-5-10-19-18(16)22/h2-8,10,14H,9,11-13H2,1H3. The van der Waals surface area contributed by atoms with Gasteiger partial charge in [-0.05, 0) is 38.1 Å². The van der Waals surface area contributed by atoms with E-state index in [0.29, 0.717) is 5.92 Å². The Morgan fingerprint density at radius 3 is 2.77 bits per heavy atom. The second-order valence-electron chi connectivity index (χ2n) is 6.18. The van der Waals surface area contributed by atoms with Crippen molar-refractivity contribution in [2.75, 3.05) is 20.1 Å². The quantitative estimate of drug-likeness (QED) is 0.744. The number of hydrogen-bond acceptors (Lipinski definition) is 3. The molecule has 1 unspecified atom stereocenters. The number of imidazole rings is 1. The first-order valence-corrected chi connectivity index (χ1v) is 7.86. The molecule has 0 radical (unpaired) electrons. The summed E-state index contributed by atoms with van der Waals surface area (Å²) in [6.07, 6.45) is 3.10. The van der Waals surface area contributed by atoms with Gasteiger partial charge in [-0.3, -0.25) is 0 Å². The number of nitrogens with zero attached hydrogens (tertiary/aromatic N) is 4. The Kier molecular flexibility index (Phi) is 3.39. The van der Waals surface area contributed by atoms with E-state index in [2.05, 4.69) is 45.8 Å². The van der Waals surface area contributed by atoms with E-state index >= 15 is 0 Å². The minimum atomic E-state index is 0.673. The summed E-state index contributed by atoms with van der Waals surface area (Å²) < 4.78 is 2.30. The highest BCUT2D eigenvalue weighted by Gasteiger charge is 2.22. The van der Waals surface area contributed by atoms with Crippen molar-refractivity contribution in [2.24, 2.45) is 5.92 Å².